The number of halogens is 1. The molecule has 2 aliphatic heterocycles. The summed E-state index contributed by atoms with van der Waals surface area (Å²) in [4.78, 5) is 17.1. The van der Waals surface area contributed by atoms with Crippen molar-refractivity contribution >= 4 is 11.7 Å². The van der Waals surface area contributed by atoms with Gasteiger partial charge in [-0.15, -0.1) is 0 Å². The highest BCUT2D eigenvalue weighted by Crippen LogP contribution is 2.37. The number of hydrogen-bond donors (Lipinski definition) is 2. The van der Waals surface area contributed by atoms with Crippen LogP contribution in [0.4, 0.5) is 4.39 Å². The molecule has 118 valence electrons. The molecular formula is C16H19FN2O3. The average molecular weight is 306 g/mol. The van der Waals surface area contributed by atoms with Gasteiger partial charge in [0.15, 0.2) is 0 Å². The molecule has 1 unspecified atom stereocenters. The predicted octanol–water partition coefficient (Wildman–Crippen LogP) is 2.16. The van der Waals surface area contributed by atoms with Gasteiger partial charge in [0, 0.05) is 18.4 Å². The Kier molecular flexibility index (Phi) is 4.11. The number of carbonyl (C=O) groups is 1. The number of carboxylic acid groups (broad SMARTS) is 1. The maximum atomic E-state index is 13.8. The van der Waals surface area contributed by atoms with E-state index in [1.165, 1.54) is 6.07 Å². The van der Waals surface area contributed by atoms with Crippen LogP contribution in [0.5, 0.6) is 0 Å². The van der Waals surface area contributed by atoms with Gasteiger partial charge in [0.05, 0.1) is 11.1 Å². The van der Waals surface area contributed by atoms with Crippen molar-refractivity contribution in [3.05, 3.63) is 35.6 Å². The minimum atomic E-state index is -0.781. The highest BCUT2D eigenvalue weighted by atomic mass is 19.1. The minimum Gasteiger partial charge on any atom is -0.481 e. The van der Waals surface area contributed by atoms with Crippen LogP contribution in [0.25, 0.3) is 0 Å². The maximum Gasteiger partial charge on any atom is 0.309 e. The SMILES string of the molecule is O=C(O)C1(CC2CC(c3ccccc3F)=NO2)CCNCC1. The Hall–Kier alpha value is -1.95. The summed E-state index contributed by atoms with van der Waals surface area (Å²) in [6.45, 7) is 1.39. The first-order chi connectivity index (χ1) is 10.6. The van der Waals surface area contributed by atoms with E-state index in [-0.39, 0.29) is 11.9 Å². The summed E-state index contributed by atoms with van der Waals surface area (Å²) >= 11 is 0. The van der Waals surface area contributed by atoms with Gasteiger partial charge in [0.1, 0.15) is 11.9 Å². The third-order valence-corrected chi connectivity index (χ3v) is 4.55. The number of nitrogens with zero attached hydrogens (tertiary/aromatic N) is 1. The zero-order valence-corrected chi connectivity index (χ0v) is 12.2. The van der Waals surface area contributed by atoms with Gasteiger partial charge < -0.3 is 15.3 Å². The van der Waals surface area contributed by atoms with Gasteiger partial charge in [-0.25, -0.2) is 4.39 Å². The summed E-state index contributed by atoms with van der Waals surface area (Å²) in [7, 11) is 0. The second-order valence-electron chi connectivity index (χ2n) is 5.99. The fraction of sp³-hybridized carbons (Fsp3) is 0.500. The molecule has 22 heavy (non-hydrogen) atoms. The molecule has 1 saturated heterocycles. The van der Waals surface area contributed by atoms with Crippen LogP contribution >= 0.6 is 0 Å². The standard InChI is InChI=1S/C16H19FN2O3/c17-13-4-2-1-3-12(13)14-9-11(22-19-14)10-16(15(20)21)5-7-18-8-6-16/h1-4,11,18H,5-10H2,(H,20,21). The van der Waals surface area contributed by atoms with E-state index in [1.54, 1.807) is 18.2 Å². The second-order valence-corrected chi connectivity index (χ2v) is 5.99. The van der Waals surface area contributed by atoms with E-state index >= 15 is 0 Å². The molecule has 3 rings (SSSR count). The molecule has 1 aromatic rings. The van der Waals surface area contributed by atoms with Crippen molar-refractivity contribution in [1.82, 2.24) is 5.32 Å². The Morgan fingerprint density at radius 1 is 1.41 bits per heavy atom. The first kappa shape index (κ1) is 15.0. The third kappa shape index (κ3) is 2.83. The highest BCUT2D eigenvalue weighted by Gasteiger charge is 2.43. The lowest BCUT2D eigenvalue weighted by Gasteiger charge is -2.34. The summed E-state index contributed by atoms with van der Waals surface area (Å²) < 4.78 is 13.8. The molecule has 5 nitrogen and oxygen atoms in total. The van der Waals surface area contributed by atoms with Crippen molar-refractivity contribution in [1.29, 1.82) is 0 Å². The largest absolute Gasteiger partial charge is 0.481 e. The van der Waals surface area contributed by atoms with Gasteiger partial charge >= 0.3 is 5.97 Å². The Balaban J connectivity index is 1.69. The van der Waals surface area contributed by atoms with Gasteiger partial charge in [-0.2, -0.15) is 0 Å². The predicted molar refractivity (Wildman–Crippen MR) is 79.2 cm³/mol. The molecule has 1 atom stereocenters. The van der Waals surface area contributed by atoms with Gasteiger partial charge in [-0.05, 0) is 32.0 Å². The Morgan fingerprint density at radius 3 is 2.82 bits per heavy atom. The highest BCUT2D eigenvalue weighted by molar-refractivity contribution is 6.01. The fourth-order valence-corrected chi connectivity index (χ4v) is 3.24. The van der Waals surface area contributed by atoms with E-state index in [0.717, 1.165) is 0 Å². The molecule has 2 aliphatic rings. The molecule has 0 spiro atoms. The molecule has 0 aliphatic carbocycles. The van der Waals surface area contributed by atoms with Gasteiger partial charge in [0.2, 0.25) is 0 Å². The van der Waals surface area contributed by atoms with Crippen LogP contribution in [-0.2, 0) is 9.63 Å². The van der Waals surface area contributed by atoms with Crippen molar-refractivity contribution in [2.75, 3.05) is 13.1 Å². The summed E-state index contributed by atoms with van der Waals surface area (Å²) in [5, 5.41) is 16.7. The average Bonchev–Trinajstić information content (AvgIpc) is 2.96. The third-order valence-electron chi connectivity index (χ3n) is 4.55. The number of oxime groups is 1. The van der Waals surface area contributed by atoms with Gasteiger partial charge in [0.25, 0.3) is 0 Å². The zero-order chi connectivity index (χ0) is 15.6. The van der Waals surface area contributed by atoms with E-state index in [2.05, 4.69) is 10.5 Å². The van der Waals surface area contributed by atoms with Crippen LogP contribution in [0.1, 0.15) is 31.2 Å². The summed E-state index contributed by atoms with van der Waals surface area (Å²) in [6.07, 6.45) is 1.72. The lowest BCUT2D eigenvalue weighted by atomic mass is 9.74. The van der Waals surface area contributed by atoms with E-state index in [1.807, 2.05) is 0 Å². The molecule has 1 fully saturated rings. The number of carboxylic acids is 1. The van der Waals surface area contributed by atoms with Gasteiger partial charge in [-0.1, -0.05) is 23.4 Å². The van der Waals surface area contributed by atoms with Crippen LogP contribution in [-0.4, -0.2) is 36.0 Å². The zero-order valence-electron chi connectivity index (χ0n) is 12.2. The van der Waals surface area contributed by atoms with E-state index in [4.69, 9.17) is 4.84 Å². The van der Waals surface area contributed by atoms with E-state index < -0.39 is 11.4 Å². The number of aliphatic carboxylic acids is 1. The van der Waals surface area contributed by atoms with Crippen LogP contribution in [0, 0.1) is 11.2 Å². The van der Waals surface area contributed by atoms with Crippen molar-refractivity contribution in [2.45, 2.75) is 31.8 Å². The quantitative estimate of drug-likeness (QED) is 0.894. The maximum absolute atomic E-state index is 13.8. The van der Waals surface area contributed by atoms with Crippen LogP contribution < -0.4 is 5.32 Å². The first-order valence-corrected chi connectivity index (χ1v) is 7.52. The van der Waals surface area contributed by atoms with E-state index in [0.29, 0.717) is 50.0 Å². The first-order valence-electron chi connectivity index (χ1n) is 7.52. The monoisotopic (exact) mass is 306 g/mol. The molecule has 1 aromatic carbocycles. The Labute approximate surface area is 128 Å². The Morgan fingerprint density at radius 2 is 2.14 bits per heavy atom. The summed E-state index contributed by atoms with van der Waals surface area (Å²) in [6, 6.07) is 6.43. The number of benzene rings is 1. The van der Waals surface area contributed by atoms with Crippen LogP contribution in [0.15, 0.2) is 29.4 Å². The molecule has 2 heterocycles. The number of piperidine rings is 1. The lowest BCUT2D eigenvalue weighted by Crippen LogP contribution is -2.44. The molecule has 0 saturated carbocycles. The molecule has 0 bridgehead atoms. The normalized spacial score (nSPS) is 23.7. The Bertz CT molecular complexity index is 597. The molecule has 0 amide bonds. The smallest absolute Gasteiger partial charge is 0.309 e. The van der Waals surface area contributed by atoms with Crippen molar-refractivity contribution in [3.63, 3.8) is 0 Å². The molecular weight excluding hydrogens is 287 g/mol. The van der Waals surface area contributed by atoms with Gasteiger partial charge in [-0.3, -0.25) is 4.79 Å². The van der Waals surface area contributed by atoms with Crippen molar-refractivity contribution in [2.24, 2.45) is 10.6 Å². The van der Waals surface area contributed by atoms with Crippen LogP contribution in [0.2, 0.25) is 0 Å². The number of rotatable bonds is 4. The molecule has 2 N–H and O–H groups in total. The minimum absolute atomic E-state index is 0.302. The number of hydrogen-bond acceptors (Lipinski definition) is 4. The summed E-state index contributed by atoms with van der Waals surface area (Å²) in [5.41, 5.74) is 0.216. The second kappa shape index (κ2) is 6.04. The lowest BCUT2D eigenvalue weighted by molar-refractivity contribution is -0.153. The molecule has 0 radical (unpaired) electrons. The van der Waals surface area contributed by atoms with Crippen molar-refractivity contribution < 1.29 is 19.1 Å². The number of nitrogens with one attached hydrogen (secondary N) is 1. The molecule has 6 heteroatoms. The topological polar surface area (TPSA) is 70.9 Å². The molecule has 0 aromatic heterocycles. The van der Waals surface area contributed by atoms with E-state index in [9.17, 15) is 14.3 Å². The van der Waals surface area contributed by atoms with Crippen LogP contribution in [0.3, 0.4) is 0 Å². The fourth-order valence-electron chi connectivity index (χ4n) is 3.24. The van der Waals surface area contributed by atoms with Crippen molar-refractivity contribution in [3.8, 4) is 0 Å². The summed E-state index contributed by atoms with van der Waals surface area (Å²) in [5.74, 6) is -1.11.